The van der Waals surface area contributed by atoms with E-state index in [1.807, 2.05) is 42.4 Å². The second kappa shape index (κ2) is 56.3. The molecule has 658 valence electrons. The maximum absolute atomic E-state index is 14.5. The fourth-order valence-corrected chi connectivity index (χ4v) is 12.8. The Morgan fingerprint density at radius 2 is 0.602 bits per heavy atom. The lowest BCUT2D eigenvalue weighted by Crippen LogP contribution is -2.48. The van der Waals surface area contributed by atoms with Gasteiger partial charge in [-0.1, -0.05) is 65.5 Å². The zero-order chi connectivity index (χ0) is 85.2. The number of amides is 8. The number of aromatic nitrogens is 2. The van der Waals surface area contributed by atoms with E-state index in [-0.39, 0.29) is 174 Å². The van der Waals surface area contributed by atoms with Gasteiger partial charge in [0.2, 0.25) is 11.8 Å². The number of rotatable bonds is 38. The minimum Gasteiger partial charge on any atom is -0.492 e. The molecule has 0 saturated heterocycles. The Balaban J connectivity index is 1.31. The van der Waals surface area contributed by atoms with Gasteiger partial charge >= 0.3 is 0 Å². The second-order valence-electron chi connectivity index (χ2n) is 28.6. The first-order valence-corrected chi connectivity index (χ1v) is 41.6. The van der Waals surface area contributed by atoms with Gasteiger partial charge in [0, 0.05) is 157 Å². The normalized spacial score (nSPS) is 16.4. The zero-order valence-corrected chi connectivity index (χ0v) is 70.6. The number of methoxy groups -OCH3 is 2. The van der Waals surface area contributed by atoms with Crippen molar-refractivity contribution in [3.63, 3.8) is 0 Å². The first-order chi connectivity index (χ1) is 57.3. The molecule has 9 rings (SSSR count). The fraction of sp³-hybridized carbons (Fsp3) is 0.639. The number of fused-ring (bicyclic) bond motifs is 4. The Bertz CT molecular complexity index is 3660. The summed E-state index contributed by atoms with van der Waals surface area (Å²) in [5.41, 5.74) is -0.411. The van der Waals surface area contributed by atoms with Crippen molar-refractivity contribution in [1.29, 1.82) is 0 Å². The molecule has 4 aromatic rings. The van der Waals surface area contributed by atoms with E-state index in [0.717, 1.165) is 12.8 Å². The number of nitrogens with zero attached hydrogens (tertiary/aromatic N) is 6. The number of unbranched alkanes of at least 4 members (excludes halogenated alkanes) is 4. The topological polar surface area (TPSA) is 402 Å². The predicted octanol–water partition coefficient (Wildman–Crippen LogP) is 2.01. The van der Waals surface area contributed by atoms with Gasteiger partial charge in [-0.3, -0.25) is 67.5 Å². The molecule has 0 aliphatic carbocycles. The number of aliphatic hydroxyl groups excluding tert-OH is 1. The lowest BCUT2D eigenvalue weighted by Gasteiger charge is -2.30. The van der Waals surface area contributed by atoms with Crippen LogP contribution >= 0.6 is 0 Å². The van der Waals surface area contributed by atoms with Crippen molar-refractivity contribution in [3.05, 3.63) is 114 Å². The molecule has 9 N–H and O–H groups in total. The molecule has 5 aliphatic rings. The summed E-state index contributed by atoms with van der Waals surface area (Å²) in [5, 5.41) is 36.0. The number of hydrogen-bond donors (Lipinski definition) is 9. The third kappa shape index (κ3) is 34.3. The molecule has 118 heavy (non-hydrogen) atoms. The molecular weight excluding hydrogens is 1530 g/mol. The van der Waals surface area contributed by atoms with E-state index in [0.29, 0.717) is 155 Å². The van der Waals surface area contributed by atoms with E-state index < -0.39 is 77.6 Å². The fourth-order valence-electron chi connectivity index (χ4n) is 12.8. The van der Waals surface area contributed by atoms with Gasteiger partial charge in [-0.2, -0.15) is 0 Å². The average molecular weight is 1660 g/mol. The lowest BCUT2D eigenvalue weighted by atomic mass is 10.1. The van der Waals surface area contributed by atoms with Crippen LogP contribution in [0.25, 0.3) is 0 Å². The highest BCUT2D eigenvalue weighted by Crippen LogP contribution is 2.27. The molecule has 8 bridgehead atoms. The van der Waals surface area contributed by atoms with Crippen molar-refractivity contribution in [2.24, 2.45) is 0 Å². The van der Waals surface area contributed by atoms with E-state index in [9.17, 15) is 53.1 Å². The molecule has 0 radical (unpaired) electrons. The molecule has 8 amide bonds. The van der Waals surface area contributed by atoms with Crippen molar-refractivity contribution < 1.29 is 90.8 Å². The third-order valence-corrected chi connectivity index (χ3v) is 19.4. The van der Waals surface area contributed by atoms with Crippen LogP contribution < -0.4 is 72.6 Å². The molecule has 35 nitrogen and oxygen atoms in total. The van der Waals surface area contributed by atoms with Gasteiger partial charge in [-0.15, -0.1) is 0 Å². The number of carbonyl (C=O) groups excluding carboxylic acids is 8. The molecule has 2 aromatic heterocycles. The molecule has 0 fully saturated rings. The Labute approximate surface area is 693 Å². The summed E-state index contributed by atoms with van der Waals surface area (Å²) in [4.78, 5) is 151. The van der Waals surface area contributed by atoms with Crippen molar-refractivity contribution in [1.82, 2.24) is 71.3 Å². The first kappa shape index (κ1) is 97.7. The number of carbonyl (C=O) groups is 8. The van der Waals surface area contributed by atoms with E-state index in [2.05, 4.69) is 42.5 Å². The minimum atomic E-state index is -1.21. The van der Waals surface area contributed by atoms with Crippen LogP contribution in [0.5, 0.6) is 23.0 Å². The summed E-state index contributed by atoms with van der Waals surface area (Å²) >= 11 is 0. The summed E-state index contributed by atoms with van der Waals surface area (Å²) < 4.78 is 60.1. The van der Waals surface area contributed by atoms with Gasteiger partial charge in [0.05, 0.1) is 132 Å². The van der Waals surface area contributed by atoms with Crippen LogP contribution in [0.2, 0.25) is 0 Å². The molecule has 7 heterocycles. The van der Waals surface area contributed by atoms with E-state index in [1.165, 1.54) is 21.3 Å². The summed E-state index contributed by atoms with van der Waals surface area (Å²) in [6, 6.07) is 12.5. The molecule has 2 aromatic carbocycles. The Kier molecular flexibility index (Phi) is 46.6. The number of ether oxygens (including phenoxy) is 10. The Hall–Kier alpha value is -9.14. The van der Waals surface area contributed by atoms with Gasteiger partial charge in [0.25, 0.3) is 46.6 Å². The quantitative estimate of drug-likeness (QED) is 0.0290. The van der Waals surface area contributed by atoms with Gasteiger partial charge in [0.1, 0.15) is 24.6 Å². The van der Waals surface area contributed by atoms with E-state index in [4.69, 9.17) is 47.4 Å². The summed E-state index contributed by atoms with van der Waals surface area (Å²) in [6.45, 7) is 17.4. The highest BCUT2D eigenvalue weighted by atomic mass is 16.5. The monoisotopic (exact) mass is 1660 g/mol. The number of aliphatic hydroxyl groups is 1. The minimum absolute atomic E-state index is 0.00829. The Morgan fingerprint density at radius 3 is 0.898 bits per heavy atom. The number of pyridine rings is 2. The van der Waals surface area contributed by atoms with Gasteiger partial charge < -0.3 is 104 Å². The molecule has 0 spiro atoms. The number of para-hydroxylation sites is 2. The van der Waals surface area contributed by atoms with Crippen molar-refractivity contribution in [2.45, 2.75) is 112 Å². The second-order valence-corrected chi connectivity index (χ2v) is 28.6. The maximum atomic E-state index is 14.5. The number of β-amino-alcohol motifs (C(OH)–C–C–N with tert-alkyl or cyclic N) is 1. The van der Waals surface area contributed by atoms with Crippen LogP contribution in [0.15, 0.2) is 58.1 Å². The van der Waals surface area contributed by atoms with Gasteiger partial charge in [0.15, 0.2) is 11.5 Å². The summed E-state index contributed by atoms with van der Waals surface area (Å²) in [6.07, 6.45) is 4.12. The smallest absolute Gasteiger partial charge is 0.294 e. The zero-order valence-electron chi connectivity index (χ0n) is 70.6. The van der Waals surface area contributed by atoms with Crippen molar-refractivity contribution in [3.8, 4) is 23.0 Å². The molecule has 35 heteroatoms. The van der Waals surface area contributed by atoms with Crippen molar-refractivity contribution >= 4 is 47.3 Å². The summed E-state index contributed by atoms with van der Waals surface area (Å²) in [7, 11) is 3.18. The molecular formula is C83H130N14O21. The van der Waals surface area contributed by atoms with Crippen molar-refractivity contribution in [2.75, 3.05) is 238 Å². The van der Waals surface area contributed by atoms with E-state index >= 15 is 0 Å². The summed E-state index contributed by atoms with van der Waals surface area (Å²) in [5.74, 6) is -4.65. The van der Waals surface area contributed by atoms with E-state index in [1.54, 1.807) is 69.4 Å². The van der Waals surface area contributed by atoms with Gasteiger partial charge in [-0.05, 0) is 75.9 Å². The number of nitrogens with one attached hydrogen (secondary N) is 8. The largest absolute Gasteiger partial charge is 0.492 e. The number of hydrogen-bond acceptors (Lipinski definition) is 25. The number of benzene rings is 2. The molecule has 5 aliphatic heterocycles. The molecule has 1 unspecified atom stereocenters. The maximum Gasteiger partial charge on any atom is 0.294 e. The van der Waals surface area contributed by atoms with Crippen LogP contribution in [0.1, 0.15) is 153 Å². The standard InChI is InChI=1S/C83H130N14O21/c1-9-13-41-115-72-64-19-17-21-66(72)78(103)88-27-35-94(36-28-89-79(104)67-22-18-20-65(73(67)116-42-14-10-2)77(102)87-26-34-93(33-25-86-76(64)101)40-46-112-52-54-114-50-48-110-8)57-63(98)58-95-37-29-90-80(105)68-55-61(5)96(82(107)74(68)117-43-15-11-3)59-70(99)84-23-31-92(39-45-111-51-53-113-49-47-109-7)32-24-85-71(100)60-97-62(6)56-69(81(106)91-30-38-95)75(83(97)108)118-44-16-12-4/h17-22,55-56,63,98H,9-16,23-54,57-60H2,1-8H3,(H,84,99)(H,85,100)(H,86,101)(H,87,102)(H,88,103)(H,89,104)(H,90,105)(H,91,106). The molecule has 1 atom stereocenters. The van der Waals surface area contributed by atoms with Crippen LogP contribution in [0.3, 0.4) is 0 Å². The highest BCUT2D eigenvalue weighted by molar-refractivity contribution is 6.05. The molecule has 0 saturated carbocycles. The van der Waals surface area contributed by atoms with Gasteiger partial charge in [-0.25, -0.2) is 0 Å². The first-order valence-electron chi connectivity index (χ1n) is 41.6. The third-order valence-electron chi connectivity index (χ3n) is 19.4. The number of aryl methyl sites for hydroxylation is 2. The SMILES string of the molecule is CCCCOc1c2cccc1C(=O)NCCN(CC(O)CN1CCNC(=O)c3cc(C)n(c(=O)c3OCCCC)CC(=O)NCCN(CCOCCOCCOC)CCNC(=O)Cn3c(C)cc(c(OCCCC)c3=O)C(=O)NCC1)CCNC(=O)c1cccc(c1OCCCC)C(=O)NCCN(CCOCCOCCOC)CCNC2=O. The lowest BCUT2D eigenvalue weighted by molar-refractivity contribution is -0.122. The predicted molar refractivity (Wildman–Crippen MR) is 444 cm³/mol. The van der Waals surface area contributed by atoms with Crippen LogP contribution in [-0.2, 0) is 51.1 Å². The Morgan fingerprint density at radius 1 is 0.339 bits per heavy atom. The highest BCUT2D eigenvalue weighted by Gasteiger charge is 2.28. The average Bonchev–Trinajstić information content (AvgIpc) is 0.807. The van der Waals surface area contributed by atoms with Crippen LogP contribution in [0.4, 0.5) is 0 Å². The van der Waals surface area contributed by atoms with Crippen LogP contribution in [-0.4, -0.2) is 325 Å². The van der Waals surface area contributed by atoms with Crippen LogP contribution in [0, 0.1) is 13.8 Å².